The Hall–Kier alpha value is -0.880. The first-order valence-corrected chi connectivity index (χ1v) is 8.92. The summed E-state index contributed by atoms with van der Waals surface area (Å²) in [4.78, 5) is 24.8. The number of rotatable bonds is 5. The van der Waals surface area contributed by atoms with Crippen molar-refractivity contribution in [1.29, 1.82) is 0 Å². The summed E-state index contributed by atoms with van der Waals surface area (Å²) in [5, 5.41) is 14.4. The van der Waals surface area contributed by atoms with Gasteiger partial charge in [0.1, 0.15) is 0 Å². The van der Waals surface area contributed by atoms with Gasteiger partial charge >= 0.3 is 5.97 Å². The Morgan fingerprint density at radius 3 is 2.48 bits per heavy atom. The molecule has 0 saturated heterocycles. The van der Waals surface area contributed by atoms with Crippen LogP contribution in [0, 0.1) is 5.41 Å². The highest BCUT2D eigenvalue weighted by Gasteiger charge is 2.40. The molecule has 0 spiro atoms. The number of halogens is 1. The maximum Gasteiger partial charge on any atom is 0.310 e. The molecule has 0 unspecified atom stereocenters. The van der Waals surface area contributed by atoms with E-state index in [1.54, 1.807) is 11.3 Å². The van der Waals surface area contributed by atoms with Crippen LogP contribution in [0.2, 0.25) is 0 Å². The van der Waals surface area contributed by atoms with E-state index in [2.05, 4.69) is 21.2 Å². The van der Waals surface area contributed by atoms with E-state index >= 15 is 0 Å². The Morgan fingerprint density at radius 1 is 1.29 bits per heavy atom. The second-order valence-corrected chi connectivity index (χ2v) is 7.60. The average Bonchev–Trinajstić information content (AvgIpc) is 2.71. The second-order valence-electron chi connectivity index (χ2n) is 5.68. The van der Waals surface area contributed by atoms with Gasteiger partial charge in [-0.25, -0.2) is 0 Å². The molecule has 0 aromatic carbocycles. The fourth-order valence-electron chi connectivity index (χ4n) is 2.87. The summed E-state index contributed by atoms with van der Waals surface area (Å²) in [6.45, 7) is 0.463. The second kappa shape index (κ2) is 7.40. The van der Waals surface area contributed by atoms with E-state index in [0.29, 0.717) is 19.4 Å². The molecule has 1 aliphatic rings. The van der Waals surface area contributed by atoms with Crippen molar-refractivity contribution in [2.45, 2.75) is 51.5 Å². The zero-order valence-electron chi connectivity index (χ0n) is 11.9. The molecule has 1 fully saturated rings. The van der Waals surface area contributed by atoms with Gasteiger partial charge in [-0.05, 0) is 34.8 Å². The van der Waals surface area contributed by atoms with Crippen molar-refractivity contribution < 1.29 is 14.7 Å². The van der Waals surface area contributed by atoms with Crippen molar-refractivity contribution in [3.8, 4) is 0 Å². The summed E-state index contributed by atoms with van der Waals surface area (Å²) in [7, 11) is 0. The third-order valence-corrected chi connectivity index (χ3v) is 5.79. The number of carbonyl (C=O) groups is 2. The Bertz CT molecular complexity index is 507. The van der Waals surface area contributed by atoms with Crippen molar-refractivity contribution in [2.24, 2.45) is 5.41 Å². The lowest BCUT2D eigenvalue weighted by molar-refractivity contribution is -0.152. The fraction of sp³-hybridized carbons (Fsp3) is 0.600. The van der Waals surface area contributed by atoms with Crippen LogP contribution in [-0.2, 0) is 16.1 Å². The van der Waals surface area contributed by atoms with Gasteiger partial charge in [-0.2, -0.15) is 0 Å². The molecule has 1 heterocycles. The summed E-state index contributed by atoms with van der Waals surface area (Å²) in [6.07, 6.45) is 5.25. The molecule has 1 aromatic heterocycles. The van der Waals surface area contributed by atoms with E-state index in [0.717, 1.165) is 35.0 Å². The minimum absolute atomic E-state index is 0.0921. The minimum Gasteiger partial charge on any atom is -0.481 e. The van der Waals surface area contributed by atoms with Crippen LogP contribution < -0.4 is 5.32 Å². The molecule has 0 aliphatic heterocycles. The molecule has 21 heavy (non-hydrogen) atoms. The SMILES string of the molecule is O=C(CC1(C(=O)O)CCCCCC1)NCc1cc(Br)cs1. The summed E-state index contributed by atoms with van der Waals surface area (Å²) >= 11 is 4.94. The molecule has 1 aliphatic carbocycles. The van der Waals surface area contributed by atoms with E-state index in [1.807, 2.05) is 11.4 Å². The number of carboxylic acids is 1. The molecular weight excluding hydrogens is 354 g/mol. The Balaban J connectivity index is 1.93. The highest BCUT2D eigenvalue weighted by molar-refractivity contribution is 9.10. The maximum absolute atomic E-state index is 12.1. The quantitative estimate of drug-likeness (QED) is 0.768. The number of aliphatic carboxylic acids is 1. The first-order chi connectivity index (χ1) is 10.0. The van der Waals surface area contributed by atoms with Gasteiger partial charge in [0.15, 0.2) is 0 Å². The van der Waals surface area contributed by atoms with Crippen molar-refractivity contribution in [3.63, 3.8) is 0 Å². The molecule has 1 aromatic rings. The molecule has 2 rings (SSSR count). The predicted molar refractivity (Wildman–Crippen MR) is 86.3 cm³/mol. The van der Waals surface area contributed by atoms with Crippen LogP contribution in [0.4, 0.5) is 0 Å². The number of carboxylic acid groups (broad SMARTS) is 1. The van der Waals surface area contributed by atoms with Crippen LogP contribution >= 0.6 is 27.3 Å². The summed E-state index contributed by atoms with van der Waals surface area (Å²) in [5.41, 5.74) is -0.864. The van der Waals surface area contributed by atoms with E-state index in [9.17, 15) is 14.7 Å². The van der Waals surface area contributed by atoms with Crippen LogP contribution in [0.5, 0.6) is 0 Å². The first kappa shape index (κ1) is 16.5. The Labute approximate surface area is 137 Å². The lowest BCUT2D eigenvalue weighted by Gasteiger charge is -2.27. The number of thiophene rings is 1. The standard InChI is InChI=1S/C15H20BrNO3S/c16-11-7-12(21-10-11)9-17-13(18)8-15(14(19)20)5-3-1-2-4-6-15/h7,10H,1-6,8-9H2,(H,17,18)(H,19,20). The van der Waals surface area contributed by atoms with Crippen molar-refractivity contribution in [1.82, 2.24) is 5.32 Å². The molecule has 116 valence electrons. The van der Waals surface area contributed by atoms with Gasteiger partial charge in [0, 0.05) is 21.2 Å². The van der Waals surface area contributed by atoms with Crippen molar-refractivity contribution in [2.75, 3.05) is 0 Å². The van der Waals surface area contributed by atoms with Gasteiger partial charge in [-0.3, -0.25) is 9.59 Å². The van der Waals surface area contributed by atoms with Crippen molar-refractivity contribution >= 4 is 39.1 Å². The summed E-state index contributed by atoms with van der Waals surface area (Å²) in [5.74, 6) is -0.984. The van der Waals surface area contributed by atoms with Gasteiger partial charge in [-0.15, -0.1) is 11.3 Å². The van der Waals surface area contributed by atoms with Crippen LogP contribution in [0.3, 0.4) is 0 Å². The highest BCUT2D eigenvalue weighted by Crippen LogP contribution is 2.38. The number of hydrogen-bond acceptors (Lipinski definition) is 3. The minimum atomic E-state index is -0.864. The van der Waals surface area contributed by atoms with Crippen LogP contribution in [-0.4, -0.2) is 17.0 Å². The van der Waals surface area contributed by atoms with Gasteiger partial charge in [-0.1, -0.05) is 25.7 Å². The third kappa shape index (κ3) is 4.54. The number of nitrogens with one attached hydrogen (secondary N) is 1. The molecular formula is C15H20BrNO3S. The zero-order valence-corrected chi connectivity index (χ0v) is 14.3. The van der Waals surface area contributed by atoms with E-state index in [1.165, 1.54) is 0 Å². The van der Waals surface area contributed by atoms with Crippen LogP contribution in [0.25, 0.3) is 0 Å². The number of hydrogen-bond donors (Lipinski definition) is 2. The smallest absolute Gasteiger partial charge is 0.310 e. The van der Waals surface area contributed by atoms with Gasteiger partial charge in [0.25, 0.3) is 0 Å². The molecule has 2 N–H and O–H groups in total. The largest absolute Gasteiger partial charge is 0.481 e. The maximum atomic E-state index is 12.1. The van der Waals surface area contributed by atoms with E-state index < -0.39 is 11.4 Å². The number of amides is 1. The summed E-state index contributed by atoms with van der Waals surface area (Å²) < 4.78 is 1.00. The van der Waals surface area contributed by atoms with Crippen LogP contribution in [0.15, 0.2) is 15.9 Å². The van der Waals surface area contributed by atoms with Gasteiger partial charge in [0.2, 0.25) is 5.91 Å². The first-order valence-electron chi connectivity index (χ1n) is 7.25. The highest BCUT2D eigenvalue weighted by atomic mass is 79.9. The monoisotopic (exact) mass is 373 g/mol. The van der Waals surface area contributed by atoms with Gasteiger partial charge < -0.3 is 10.4 Å². The molecule has 0 radical (unpaired) electrons. The van der Waals surface area contributed by atoms with E-state index in [4.69, 9.17) is 0 Å². The Kier molecular flexibility index (Phi) is 5.81. The molecule has 0 bridgehead atoms. The topological polar surface area (TPSA) is 66.4 Å². The lowest BCUT2D eigenvalue weighted by atomic mass is 9.77. The molecule has 6 heteroatoms. The predicted octanol–water partition coefficient (Wildman–Crippen LogP) is 3.94. The summed E-state index contributed by atoms with van der Waals surface area (Å²) in [6, 6.07) is 1.96. The lowest BCUT2D eigenvalue weighted by Crippen LogP contribution is -2.37. The molecule has 1 amide bonds. The normalized spacial score (nSPS) is 18.0. The number of carbonyl (C=O) groups excluding carboxylic acids is 1. The average molecular weight is 374 g/mol. The van der Waals surface area contributed by atoms with E-state index in [-0.39, 0.29) is 12.3 Å². The van der Waals surface area contributed by atoms with Gasteiger partial charge in [0.05, 0.1) is 12.0 Å². The fourth-order valence-corrected chi connectivity index (χ4v) is 4.26. The zero-order chi connectivity index (χ0) is 15.3. The van der Waals surface area contributed by atoms with Crippen molar-refractivity contribution in [3.05, 3.63) is 20.8 Å². The molecule has 0 atom stereocenters. The molecule has 1 saturated carbocycles. The molecule has 4 nitrogen and oxygen atoms in total. The van der Waals surface area contributed by atoms with Crippen LogP contribution in [0.1, 0.15) is 49.8 Å². The third-order valence-electron chi connectivity index (χ3n) is 4.09. The Morgan fingerprint density at radius 2 is 1.95 bits per heavy atom.